The molecule has 0 amide bonds. The molecule has 0 spiro atoms. The van der Waals surface area contributed by atoms with E-state index < -0.39 is 9.90 Å². The van der Waals surface area contributed by atoms with Gasteiger partial charge in [-0.25, -0.2) is 0 Å². The molecule has 18 heavy (non-hydrogen) atoms. The number of alkyl halides is 3. The van der Waals surface area contributed by atoms with E-state index in [2.05, 4.69) is 33.8 Å². The second kappa shape index (κ2) is 6.00. The van der Waals surface area contributed by atoms with Gasteiger partial charge in [-0.2, -0.15) is 0 Å². The topological polar surface area (TPSA) is 20.2 Å². The summed E-state index contributed by atoms with van der Waals surface area (Å²) in [6.07, 6.45) is -1.11. The second-order valence-corrected chi connectivity index (χ2v) is 7.51. The van der Waals surface area contributed by atoms with Crippen LogP contribution in [0.1, 0.15) is 62.3 Å². The third-order valence-electron chi connectivity index (χ3n) is 3.00. The van der Waals surface area contributed by atoms with Gasteiger partial charge in [0.05, 0.1) is 0 Å². The molecule has 1 aromatic rings. The summed E-state index contributed by atoms with van der Waals surface area (Å²) >= 11 is 17.4. The molecule has 1 aromatic carbocycles. The van der Waals surface area contributed by atoms with Crippen LogP contribution in [0.15, 0.2) is 18.2 Å². The molecular weight excluding hydrogens is 291 g/mol. The molecule has 0 fully saturated rings. The van der Waals surface area contributed by atoms with Crippen molar-refractivity contribution in [3.63, 3.8) is 0 Å². The van der Waals surface area contributed by atoms with Gasteiger partial charge >= 0.3 is 0 Å². The highest BCUT2D eigenvalue weighted by atomic mass is 35.6. The van der Waals surface area contributed by atoms with E-state index in [9.17, 15) is 5.11 Å². The molecule has 0 heterocycles. The Morgan fingerprint density at radius 2 is 1.50 bits per heavy atom. The van der Waals surface area contributed by atoms with Crippen molar-refractivity contribution >= 4 is 34.8 Å². The van der Waals surface area contributed by atoms with Gasteiger partial charge in [0, 0.05) is 0 Å². The first kappa shape index (κ1) is 16.1. The van der Waals surface area contributed by atoms with Crippen LogP contribution in [-0.4, -0.2) is 8.90 Å². The molecule has 0 radical (unpaired) electrons. The highest BCUT2D eigenvalue weighted by Gasteiger charge is 2.34. The van der Waals surface area contributed by atoms with Crippen molar-refractivity contribution < 1.29 is 5.11 Å². The number of rotatable bonds is 3. The average Bonchev–Trinajstić information content (AvgIpc) is 2.25. The number of hydrogen-bond acceptors (Lipinski definition) is 1. The van der Waals surface area contributed by atoms with Gasteiger partial charge in [0.1, 0.15) is 6.10 Å². The quantitative estimate of drug-likeness (QED) is 0.747. The first-order valence-electron chi connectivity index (χ1n) is 6.03. The molecule has 0 bridgehead atoms. The van der Waals surface area contributed by atoms with E-state index in [0.717, 1.165) is 11.1 Å². The Balaban J connectivity index is 3.32. The minimum atomic E-state index is -1.71. The van der Waals surface area contributed by atoms with Crippen LogP contribution in [0.5, 0.6) is 0 Å². The molecule has 0 aliphatic heterocycles. The second-order valence-electron chi connectivity index (χ2n) is 5.14. The van der Waals surface area contributed by atoms with Crippen LogP contribution in [0.4, 0.5) is 0 Å². The fourth-order valence-corrected chi connectivity index (χ4v) is 2.24. The Morgan fingerprint density at radius 3 is 1.89 bits per heavy atom. The van der Waals surface area contributed by atoms with Crippen molar-refractivity contribution in [1.29, 1.82) is 0 Å². The van der Waals surface area contributed by atoms with Crippen molar-refractivity contribution in [2.75, 3.05) is 0 Å². The summed E-state index contributed by atoms with van der Waals surface area (Å²) in [5.74, 6) is 0.635. The SMILES string of the molecule is CC(C)c1ccc(C(C)C)c([C@H](O)C(Cl)(Cl)Cl)c1. The molecule has 1 atom stereocenters. The van der Waals surface area contributed by atoms with Crippen LogP contribution in [-0.2, 0) is 0 Å². The molecule has 102 valence electrons. The van der Waals surface area contributed by atoms with Crippen molar-refractivity contribution in [3.05, 3.63) is 34.9 Å². The fourth-order valence-electron chi connectivity index (χ4n) is 1.89. The Kier molecular flexibility index (Phi) is 5.37. The maximum Gasteiger partial charge on any atom is 0.220 e. The van der Waals surface area contributed by atoms with E-state index in [1.54, 1.807) is 0 Å². The zero-order valence-corrected chi connectivity index (χ0v) is 13.3. The number of halogens is 3. The lowest BCUT2D eigenvalue weighted by Gasteiger charge is -2.24. The van der Waals surface area contributed by atoms with E-state index >= 15 is 0 Å². The molecule has 1 N–H and O–H groups in total. The van der Waals surface area contributed by atoms with Crippen LogP contribution >= 0.6 is 34.8 Å². The lowest BCUT2D eigenvalue weighted by atomic mass is 9.90. The molecule has 0 saturated carbocycles. The Morgan fingerprint density at radius 1 is 0.944 bits per heavy atom. The van der Waals surface area contributed by atoms with E-state index in [4.69, 9.17) is 34.8 Å². The van der Waals surface area contributed by atoms with Crippen molar-refractivity contribution in [2.45, 2.75) is 49.4 Å². The van der Waals surface area contributed by atoms with Gasteiger partial charge < -0.3 is 5.11 Å². The normalized spacial score (nSPS) is 14.3. The van der Waals surface area contributed by atoms with Gasteiger partial charge in [-0.05, 0) is 28.5 Å². The van der Waals surface area contributed by atoms with Crippen LogP contribution in [0.2, 0.25) is 0 Å². The van der Waals surface area contributed by atoms with Gasteiger partial charge in [-0.3, -0.25) is 0 Å². The third-order valence-corrected chi connectivity index (χ3v) is 3.62. The van der Waals surface area contributed by atoms with E-state index in [0.29, 0.717) is 11.5 Å². The first-order chi connectivity index (χ1) is 8.14. The summed E-state index contributed by atoms with van der Waals surface area (Å²) in [5.41, 5.74) is 2.84. The molecule has 0 saturated heterocycles. The van der Waals surface area contributed by atoms with Gasteiger partial charge in [0.2, 0.25) is 3.79 Å². The smallest absolute Gasteiger partial charge is 0.220 e. The highest BCUT2D eigenvalue weighted by Crippen LogP contribution is 2.42. The molecule has 1 nitrogen and oxygen atoms in total. The molecule has 0 aliphatic rings. The Hall–Kier alpha value is 0.0500. The van der Waals surface area contributed by atoms with Crippen LogP contribution in [0.25, 0.3) is 0 Å². The summed E-state index contributed by atoms with van der Waals surface area (Å²) in [4.78, 5) is 0. The van der Waals surface area contributed by atoms with Crippen molar-refractivity contribution in [2.24, 2.45) is 0 Å². The minimum Gasteiger partial charge on any atom is -0.384 e. The number of hydrogen-bond donors (Lipinski definition) is 1. The van der Waals surface area contributed by atoms with Gasteiger partial charge in [-0.15, -0.1) is 0 Å². The largest absolute Gasteiger partial charge is 0.384 e. The summed E-state index contributed by atoms with van der Waals surface area (Å²) in [5, 5.41) is 10.2. The molecule has 4 heteroatoms. The predicted octanol–water partition coefficient (Wildman–Crippen LogP) is 5.34. The lowest BCUT2D eigenvalue weighted by molar-refractivity contribution is 0.181. The molecule has 0 unspecified atom stereocenters. The summed E-state index contributed by atoms with van der Waals surface area (Å²) in [6, 6.07) is 6.01. The fraction of sp³-hybridized carbons (Fsp3) is 0.571. The molecule has 1 rings (SSSR count). The Labute approximate surface area is 124 Å². The van der Waals surface area contributed by atoms with E-state index in [-0.39, 0.29) is 5.92 Å². The first-order valence-corrected chi connectivity index (χ1v) is 7.16. The van der Waals surface area contributed by atoms with Gasteiger partial charge in [0.25, 0.3) is 0 Å². The molecule has 0 aromatic heterocycles. The zero-order chi connectivity index (χ0) is 14.1. The molecule has 0 aliphatic carbocycles. The lowest BCUT2D eigenvalue weighted by Crippen LogP contribution is -2.18. The summed E-state index contributed by atoms with van der Waals surface area (Å²) in [6.45, 7) is 8.30. The predicted molar refractivity (Wildman–Crippen MR) is 79.9 cm³/mol. The van der Waals surface area contributed by atoms with Crippen molar-refractivity contribution in [3.8, 4) is 0 Å². The third kappa shape index (κ3) is 3.77. The maximum atomic E-state index is 10.2. The minimum absolute atomic E-state index is 0.267. The van der Waals surface area contributed by atoms with E-state index in [1.165, 1.54) is 0 Å². The van der Waals surface area contributed by atoms with Gasteiger partial charge in [-0.1, -0.05) is 80.7 Å². The monoisotopic (exact) mass is 308 g/mol. The summed E-state index contributed by atoms with van der Waals surface area (Å²) in [7, 11) is 0. The van der Waals surface area contributed by atoms with Crippen LogP contribution in [0.3, 0.4) is 0 Å². The Bertz CT molecular complexity index is 408. The highest BCUT2D eigenvalue weighted by molar-refractivity contribution is 6.68. The maximum absolute atomic E-state index is 10.2. The van der Waals surface area contributed by atoms with Gasteiger partial charge in [0.15, 0.2) is 0 Å². The zero-order valence-electron chi connectivity index (χ0n) is 11.0. The molecular formula is C14H19Cl3O. The van der Waals surface area contributed by atoms with Crippen LogP contribution in [0, 0.1) is 0 Å². The van der Waals surface area contributed by atoms with E-state index in [1.807, 2.05) is 12.1 Å². The number of aliphatic hydroxyl groups excluding tert-OH is 1. The van der Waals surface area contributed by atoms with Crippen molar-refractivity contribution in [1.82, 2.24) is 0 Å². The number of benzene rings is 1. The summed E-state index contributed by atoms with van der Waals surface area (Å²) < 4.78 is -1.71. The van der Waals surface area contributed by atoms with Crippen LogP contribution < -0.4 is 0 Å². The average molecular weight is 310 g/mol. The standard InChI is InChI=1S/C14H19Cl3O/c1-8(2)10-5-6-11(9(3)4)12(7-10)13(18)14(15,16)17/h5-9,13,18H,1-4H3/t13-/m0/s1. The number of aliphatic hydroxyl groups is 1.